The Hall–Kier alpha value is -3.12. The summed E-state index contributed by atoms with van der Waals surface area (Å²) in [5.74, 6) is -2.02. The van der Waals surface area contributed by atoms with E-state index in [4.69, 9.17) is 13.9 Å². The molecular formula is C22H15BrO5. The highest BCUT2D eigenvalue weighted by molar-refractivity contribution is 9.10. The Labute approximate surface area is 169 Å². The molecule has 6 heteroatoms. The molecule has 0 saturated carbocycles. The van der Waals surface area contributed by atoms with Crippen LogP contribution in [0.25, 0.3) is 17.4 Å². The zero-order chi connectivity index (χ0) is 19.7. The molecule has 0 spiro atoms. The van der Waals surface area contributed by atoms with E-state index >= 15 is 0 Å². The van der Waals surface area contributed by atoms with E-state index in [1.807, 2.05) is 30.3 Å². The van der Waals surface area contributed by atoms with Crippen LogP contribution in [0.5, 0.6) is 0 Å². The van der Waals surface area contributed by atoms with Crippen molar-refractivity contribution in [3.05, 3.63) is 88.1 Å². The number of rotatable bonds is 3. The number of hydrogen-bond acceptors (Lipinski definition) is 5. The predicted molar refractivity (Wildman–Crippen MR) is 106 cm³/mol. The third-order valence-electron chi connectivity index (χ3n) is 4.34. The molecule has 0 amide bonds. The second-order valence-corrected chi connectivity index (χ2v) is 7.28. The van der Waals surface area contributed by atoms with Gasteiger partial charge in [0.15, 0.2) is 0 Å². The van der Waals surface area contributed by atoms with Crippen LogP contribution in [0.2, 0.25) is 0 Å². The van der Waals surface area contributed by atoms with Gasteiger partial charge in [-0.25, -0.2) is 9.59 Å². The summed E-state index contributed by atoms with van der Waals surface area (Å²) < 4.78 is 17.5. The largest absolute Gasteiger partial charge is 0.457 e. The average molecular weight is 439 g/mol. The van der Waals surface area contributed by atoms with Crippen LogP contribution in [0.3, 0.4) is 0 Å². The Morgan fingerprint density at radius 1 is 0.893 bits per heavy atom. The fraction of sp³-hybridized carbons (Fsp3) is 0.0909. The van der Waals surface area contributed by atoms with Gasteiger partial charge in [-0.1, -0.05) is 58.4 Å². The van der Waals surface area contributed by atoms with Gasteiger partial charge in [0.25, 0.3) is 5.79 Å². The molecule has 3 aromatic rings. The number of cyclic esters (lactones) is 2. The molecule has 0 bridgehead atoms. The molecule has 4 rings (SSSR count). The van der Waals surface area contributed by atoms with Gasteiger partial charge in [0, 0.05) is 28.6 Å². The maximum atomic E-state index is 12.5. The van der Waals surface area contributed by atoms with Gasteiger partial charge in [0.2, 0.25) is 0 Å². The van der Waals surface area contributed by atoms with Crippen molar-refractivity contribution >= 4 is 33.9 Å². The third-order valence-corrected chi connectivity index (χ3v) is 4.83. The lowest BCUT2D eigenvalue weighted by atomic mass is 10.1. The molecule has 1 fully saturated rings. The highest BCUT2D eigenvalue weighted by atomic mass is 79.9. The van der Waals surface area contributed by atoms with Crippen LogP contribution in [-0.4, -0.2) is 11.9 Å². The summed E-state index contributed by atoms with van der Waals surface area (Å²) in [6.07, 6.45) is 1.33. The number of hydrogen-bond donors (Lipinski definition) is 0. The summed E-state index contributed by atoms with van der Waals surface area (Å²) in [6, 6.07) is 19.9. The maximum Gasteiger partial charge on any atom is 0.349 e. The van der Waals surface area contributed by atoms with Gasteiger partial charge in [0.05, 0.1) is 0 Å². The van der Waals surface area contributed by atoms with Crippen molar-refractivity contribution in [2.45, 2.75) is 12.7 Å². The van der Waals surface area contributed by atoms with E-state index in [9.17, 15) is 9.59 Å². The molecule has 0 N–H and O–H groups in total. The Morgan fingerprint density at radius 3 is 2.29 bits per heavy atom. The summed E-state index contributed by atoms with van der Waals surface area (Å²) in [6.45, 7) is 1.53. The zero-order valence-electron chi connectivity index (χ0n) is 14.8. The number of carbonyl (C=O) groups is 2. The number of carbonyl (C=O) groups excluding carboxylic acids is 2. The molecule has 2 heterocycles. The van der Waals surface area contributed by atoms with E-state index in [0.717, 1.165) is 10.0 Å². The minimum absolute atomic E-state index is 0.219. The third kappa shape index (κ3) is 3.51. The second-order valence-electron chi connectivity index (χ2n) is 6.36. The summed E-state index contributed by atoms with van der Waals surface area (Å²) in [5.41, 5.74) is 1.22. The first-order valence-electron chi connectivity index (χ1n) is 8.54. The zero-order valence-corrected chi connectivity index (χ0v) is 16.4. The number of esters is 2. The minimum Gasteiger partial charge on any atom is -0.457 e. The summed E-state index contributed by atoms with van der Waals surface area (Å²) in [7, 11) is 0. The van der Waals surface area contributed by atoms with Gasteiger partial charge >= 0.3 is 11.9 Å². The molecule has 1 aromatic heterocycles. The first-order valence-corrected chi connectivity index (χ1v) is 9.34. The van der Waals surface area contributed by atoms with E-state index in [-0.39, 0.29) is 5.57 Å². The summed E-state index contributed by atoms with van der Waals surface area (Å²) >= 11 is 3.42. The molecule has 140 valence electrons. The lowest BCUT2D eigenvalue weighted by Gasteiger charge is -2.33. The monoisotopic (exact) mass is 438 g/mol. The summed E-state index contributed by atoms with van der Waals surface area (Å²) in [5, 5.41) is 0. The van der Waals surface area contributed by atoms with E-state index in [1.165, 1.54) is 13.0 Å². The highest BCUT2D eigenvalue weighted by Gasteiger charge is 2.44. The van der Waals surface area contributed by atoms with Crippen LogP contribution in [-0.2, 0) is 24.8 Å². The molecule has 1 saturated heterocycles. The predicted octanol–water partition coefficient (Wildman–Crippen LogP) is 5.07. The van der Waals surface area contributed by atoms with Crippen molar-refractivity contribution in [3.63, 3.8) is 0 Å². The van der Waals surface area contributed by atoms with Crippen LogP contribution in [0.15, 0.2) is 81.2 Å². The Morgan fingerprint density at radius 2 is 1.61 bits per heavy atom. The molecular weight excluding hydrogens is 424 g/mol. The average Bonchev–Trinajstić information content (AvgIpc) is 3.14. The van der Waals surface area contributed by atoms with Gasteiger partial charge in [-0.3, -0.25) is 0 Å². The first-order chi connectivity index (χ1) is 13.4. The van der Waals surface area contributed by atoms with Crippen molar-refractivity contribution in [2.75, 3.05) is 0 Å². The van der Waals surface area contributed by atoms with Gasteiger partial charge in [-0.15, -0.1) is 0 Å². The first kappa shape index (κ1) is 18.3. The molecule has 0 unspecified atom stereocenters. The minimum atomic E-state index is -1.46. The quantitative estimate of drug-likeness (QED) is 0.324. The smallest absolute Gasteiger partial charge is 0.349 e. The topological polar surface area (TPSA) is 65.7 Å². The Balaban J connectivity index is 1.60. The molecule has 0 atom stereocenters. The van der Waals surface area contributed by atoms with Crippen LogP contribution in [0.4, 0.5) is 0 Å². The van der Waals surface area contributed by atoms with E-state index in [2.05, 4.69) is 15.9 Å². The molecule has 0 radical (unpaired) electrons. The summed E-state index contributed by atoms with van der Waals surface area (Å²) in [4.78, 5) is 25.0. The molecule has 1 aliphatic rings. The Kier molecular flexibility index (Phi) is 4.65. The van der Waals surface area contributed by atoms with E-state index in [0.29, 0.717) is 17.1 Å². The standard InChI is InChI=1S/C22H15BrO5/c1-22(15-7-3-2-4-8-15)27-20(24)18(21(25)28-22)13-17-10-11-19(26-17)14-6-5-9-16(23)12-14/h2-13H,1H3. The molecule has 1 aliphatic heterocycles. The van der Waals surface area contributed by atoms with Crippen molar-refractivity contribution in [1.29, 1.82) is 0 Å². The number of furan rings is 1. The van der Waals surface area contributed by atoms with Crippen LogP contribution < -0.4 is 0 Å². The fourth-order valence-electron chi connectivity index (χ4n) is 2.91. The van der Waals surface area contributed by atoms with Crippen LogP contribution in [0.1, 0.15) is 18.2 Å². The molecule has 2 aromatic carbocycles. The Bertz CT molecular complexity index is 1060. The lowest BCUT2D eigenvalue weighted by Crippen LogP contribution is -2.42. The van der Waals surface area contributed by atoms with Crippen LogP contribution >= 0.6 is 15.9 Å². The molecule has 28 heavy (non-hydrogen) atoms. The number of ether oxygens (including phenoxy) is 2. The fourth-order valence-corrected chi connectivity index (χ4v) is 3.31. The van der Waals surface area contributed by atoms with Crippen molar-refractivity contribution in [3.8, 4) is 11.3 Å². The van der Waals surface area contributed by atoms with Gasteiger partial charge in [-0.05, 0) is 24.3 Å². The van der Waals surface area contributed by atoms with Crippen molar-refractivity contribution in [1.82, 2.24) is 0 Å². The second kappa shape index (κ2) is 7.13. The number of halogens is 1. The van der Waals surface area contributed by atoms with E-state index < -0.39 is 17.7 Å². The van der Waals surface area contributed by atoms with E-state index in [1.54, 1.807) is 36.4 Å². The normalized spacial score (nSPS) is 19.1. The number of benzene rings is 2. The van der Waals surface area contributed by atoms with Gasteiger partial charge in [0.1, 0.15) is 17.1 Å². The van der Waals surface area contributed by atoms with Crippen molar-refractivity contribution in [2.24, 2.45) is 0 Å². The van der Waals surface area contributed by atoms with Gasteiger partial charge in [-0.2, -0.15) is 0 Å². The van der Waals surface area contributed by atoms with Gasteiger partial charge < -0.3 is 13.9 Å². The highest BCUT2D eigenvalue weighted by Crippen LogP contribution is 2.34. The molecule has 5 nitrogen and oxygen atoms in total. The molecule has 0 aliphatic carbocycles. The van der Waals surface area contributed by atoms with Crippen molar-refractivity contribution < 1.29 is 23.5 Å². The maximum absolute atomic E-state index is 12.5. The lowest BCUT2D eigenvalue weighted by molar-refractivity contribution is -0.233. The van der Waals surface area contributed by atoms with Crippen LogP contribution in [0, 0.1) is 0 Å². The SMILES string of the molecule is CC1(c2ccccc2)OC(=O)C(=Cc2ccc(-c3cccc(Br)c3)o2)C(=O)O1.